The Morgan fingerprint density at radius 1 is 1.53 bits per heavy atom. The Morgan fingerprint density at radius 3 is 2.93 bits per heavy atom. The Labute approximate surface area is 90.3 Å². The number of rotatable bonds is 4. The van der Waals surface area contributed by atoms with E-state index in [0.29, 0.717) is 0 Å². The van der Waals surface area contributed by atoms with Gasteiger partial charge in [0.15, 0.2) is 0 Å². The molecule has 0 radical (unpaired) electrons. The molecule has 1 aliphatic carbocycles. The van der Waals surface area contributed by atoms with Gasteiger partial charge in [0, 0.05) is 18.8 Å². The van der Waals surface area contributed by atoms with E-state index in [4.69, 9.17) is 5.73 Å². The minimum atomic E-state index is 0.256. The van der Waals surface area contributed by atoms with E-state index in [2.05, 4.69) is 15.3 Å². The molecule has 1 heterocycles. The normalized spacial score (nSPS) is 17.5. The molecule has 0 aromatic carbocycles. The molecule has 15 heavy (non-hydrogen) atoms. The number of hydrogen-bond donors (Lipinski definition) is 2. The smallest absolute Gasteiger partial charge is 0.147 e. The van der Waals surface area contributed by atoms with Gasteiger partial charge >= 0.3 is 0 Å². The van der Waals surface area contributed by atoms with Gasteiger partial charge in [0.2, 0.25) is 0 Å². The van der Waals surface area contributed by atoms with Crippen LogP contribution in [0.15, 0.2) is 6.20 Å². The van der Waals surface area contributed by atoms with Gasteiger partial charge in [0.1, 0.15) is 5.82 Å². The molecule has 1 saturated carbocycles. The molecule has 4 nitrogen and oxygen atoms in total. The molecule has 1 aromatic rings. The highest BCUT2D eigenvalue weighted by molar-refractivity contribution is 5.39. The summed E-state index contributed by atoms with van der Waals surface area (Å²) in [4.78, 5) is 8.65. The fraction of sp³-hybridized carbons (Fsp3) is 0.636. The van der Waals surface area contributed by atoms with Crippen molar-refractivity contribution < 1.29 is 0 Å². The maximum atomic E-state index is 6.00. The van der Waals surface area contributed by atoms with Crippen LogP contribution in [0.3, 0.4) is 0 Å². The zero-order chi connectivity index (χ0) is 10.8. The average molecular weight is 206 g/mol. The van der Waals surface area contributed by atoms with Gasteiger partial charge in [-0.3, -0.25) is 4.98 Å². The quantitative estimate of drug-likeness (QED) is 0.778. The topological polar surface area (TPSA) is 63.8 Å². The van der Waals surface area contributed by atoms with Gasteiger partial charge in [0.05, 0.1) is 11.4 Å². The third-order valence-electron chi connectivity index (χ3n) is 2.81. The molecular weight excluding hydrogens is 188 g/mol. The summed E-state index contributed by atoms with van der Waals surface area (Å²) >= 11 is 0. The molecule has 0 spiro atoms. The van der Waals surface area contributed by atoms with E-state index in [-0.39, 0.29) is 6.04 Å². The summed E-state index contributed by atoms with van der Waals surface area (Å²) in [7, 11) is 0. The molecular formula is C11H18N4. The lowest BCUT2D eigenvalue weighted by Crippen LogP contribution is -2.31. The first-order valence-corrected chi connectivity index (χ1v) is 5.46. The summed E-state index contributed by atoms with van der Waals surface area (Å²) in [6, 6.07) is 0.256. The Bertz CT molecular complexity index is 346. The van der Waals surface area contributed by atoms with Crippen molar-refractivity contribution in [2.45, 2.75) is 32.7 Å². The van der Waals surface area contributed by atoms with Crippen LogP contribution >= 0.6 is 0 Å². The van der Waals surface area contributed by atoms with Gasteiger partial charge in [-0.2, -0.15) is 0 Å². The molecule has 1 atom stereocenters. The van der Waals surface area contributed by atoms with Crippen molar-refractivity contribution in [2.24, 2.45) is 11.7 Å². The van der Waals surface area contributed by atoms with Crippen LogP contribution in [0.2, 0.25) is 0 Å². The molecule has 4 heteroatoms. The summed E-state index contributed by atoms with van der Waals surface area (Å²) in [6.07, 6.45) is 4.34. The number of aryl methyl sites for hydroxylation is 2. The number of nitrogens with one attached hydrogen (secondary N) is 1. The highest BCUT2D eigenvalue weighted by Gasteiger charge is 2.28. The van der Waals surface area contributed by atoms with E-state index < -0.39 is 0 Å². The van der Waals surface area contributed by atoms with Crippen LogP contribution in [0.4, 0.5) is 5.82 Å². The third kappa shape index (κ3) is 2.65. The Balaban J connectivity index is 1.94. The zero-order valence-electron chi connectivity index (χ0n) is 9.33. The lowest BCUT2D eigenvalue weighted by Gasteiger charge is -2.13. The van der Waals surface area contributed by atoms with Crippen molar-refractivity contribution in [3.05, 3.63) is 17.6 Å². The van der Waals surface area contributed by atoms with Gasteiger partial charge in [-0.15, -0.1) is 0 Å². The van der Waals surface area contributed by atoms with Crippen molar-refractivity contribution >= 4 is 5.82 Å². The molecule has 1 fully saturated rings. The number of hydrogen-bond acceptors (Lipinski definition) is 4. The fourth-order valence-corrected chi connectivity index (χ4v) is 1.61. The average Bonchev–Trinajstić information content (AvgIpc) is 3.02. The Morgan fingerprint density at radius 2 is 2.27 bits per heavy atom. The first kappa shape index (κ1) is 10.4. The number of nitrogens with zero attached hydrogens (tertiary/aromatic N) is 2. The van der Waals surface area contributed by atoms with Crippen LogP contribution in [0, 0.1) is 19.8 Å². The predicted octanol–water partition coefficient (Wildman–Crippen LogP) is 1.24. The van der Waals surface area contributed by atoms with Crippen molar-refractivity contribution in [3.63, 3.8) is 0 Å². The van der Waals surface area contributed by atoms with E-state index in [9.17, 15) is 0 Å². The summed E-state index contributed by atoms with van der Waals surface area (Å²) in [5.74, 6) is 1.58. The van der Waals surface area contributed by atoms with E-state index in [1.165, 1.54) is 12.8 Å². The van der Waals surface area contributed by atoms with Crippen LogP contribution in [0.5, 0.6) is 0 Å². The van der Waals surface area contributed by atoms with Crippen LogP contribution < -0.4 is 11.1 Å². The van der Waals surface area contributed by atoms with E-state index in [1.807, 2.05) is 13.8 Å². The van der Waals surface area contributed by atoms with Crippen molar-refractivity contribution in [3.8, 4) is 0 Å². The van der Waals surface area contributed by atoms with Crippen LogP contribution in [0.25, 0.3) is 0 Å². The monoisotopic (exact) mass is 206 g/mol. The fourth-order valence-electron chi connectivity index (χ4n) is 1.61. The van der Waals surface area contributed by atoms with Gasteiger partial charge in [-0.1, -0.05) is 0 Å². The highest BCUT2D eigenvalue weighted by atomic mass is 15.0. The van der Waals surface area contributed by atoms with Crippen LogP contribution in [-0.4, -0.2) is 22.6 Å². The molecule has 0 saturated heterocycles. The molecule has 0 amide bonds. The molecule has 3 N–H and O–H groups in total. The second-order valence-corrected chi connectivity index (χ2v) is 4.33. The van der Waals surface area contributed by atoms with Crippen molar-refractivity contribution in [1.29, 1.82) is 0 Å². The van der Waals surface area contributed by atoms with E-state index in [0.717, 1.165) is 29.7 Å². The van der Waals surface area contributed by atoms with Crippen molar-refractivity contribution in [2.75, 3.05) is 11.9 Å². The summed E-state index contributed by atoms with van der Waals surface area (Å²) in [5.41, 5.74) is 7.87. The molecule has 1 unspecified atom stereocenters. The van der Waals surface area contributed by atoms with E-state index >= 15 is 0 Å². The summed E-state index contributed by atoms with van der Waals surface area (Å²) < 4.78 is 0. The van der Waals surface area contributed by atoms with Gasteiger partial charge in [-0.05, 0) is 32.6 Å². The SMILES string of the molecule is Cc1cnc(C)c(NCC(N)C2CC2)n1. The Hall–Kier alpha value is -1.16. The standard InChI is InChI=1S/C11H18N4/c1-7-5-13-8(2)11(15-7)14-6-10(12)9-3-4-9/h5,9-10H,3-4,6,12H2,1-2H3,(H,14,15). The molecule has 82 valence electrons. The molecule has 2 rings (SSSR count). The van der Waals surface area contributed by atoms with Crippen LogP contribution in [-0.2, 0) is 0 Å². The number of nitrogens with two attached hydrogens (primary N) is 1. The molecule has 1 aliphatic rings. The number of anilines is 1. The van der Waals surface area contributed by atoms with Crippen molar-refractivity contribution in [1.82, 2.24) is 9.97 Å². The molecule has 1 aromatic heterocycles. The first-order valence-electron chi connectivity index (χ1n) is 5.46. The molecule has 0 aliphatic heterocycles. The lowest BCUT2D eigenvalue weighted by atomic mass is 10.2. The first-order chi connectivity index (χ1) is 7.16. The lowest BCUT2D eigenvalue weighted by molar-refractivity contribution is 0.619. The van der Waals surface area contributed by atoms with Gasteiger partial charge < -0.3 is 11.1 Å². The van der Waals surface area contributed by atoms with Gasteiger partial charge in [-0.25, -0.2) is 4.98 Å². The second-order valence-electron chi connectivity index (χ2n) is 4.33. The second kappa shape index (κ2) is 4.14. The van der Waals surface area contributed by atoms with Crippen LogP contribution in [0.1, 0.15) is 24.2 Å². The Kier molecular flexibility index (Phi) is 2.86. The predicted molar refractivity (Wildman–Crippen MR) is 60.7 cm³/mol. The largest absolute Gasteiger partial charge is 0.367 e. The number of aromatic nitrogens is 2. The summed E-state index contributed by atoms with van der Waals surface area (Å²) in [6.45, 7) is 4.69. The minimum Gasteiger partial charge on any atom is -0.367 e. The molecule has 0 bridgehead atoms. The van der Waals surface area contributed by atoms with Gasteiger partial charge in [0.25, 0.3) is 0 Å². The maximum Gasteiger partial charge on any atom is 0.147 e. The zero-order valence-corrected chi connectivity index (χ0v) is 9.33. The minimum absolute atomic E-state index is 0.256. The summed E-state index contributed by atoms with van der Waals surface area (Å²) in [5, 5.41) is 3.28. The highest BCUT2D eigenvalue weighted by Crippen LogP contribution is 2.31. The van der Waals surface area contributed by atoms with E-state index in [1.54, 1.807) is 6.20 Å². The maximum absolute atomic E-state index is 6.00. The third-order valence-corrected chi connectivity index (χ3v) is 2.81.